The molecule has 0 heterocycles. The van der Waals surface area contributed by atoms with Gasteiger partial charge >= 0.3 is 17.6 Å². The van der Waals surface area contributed by atoms with Crippen molar-refractivity contribution in [3.63, 3.8) is 0 Å². The fourth-order valence-electron chi connectivity index (χ4n) is 1.40. The van der Waals surface area contributed by atoms with Crippen LogP contribution in [0.2, 0.25) is 0 Å². The van der Waals surface area contributed by atoms with E-state index in [1.54, 1.807) is 13.3 Å². The molecule has 5 heteroatoms. The van der Waals surface area contributed by atoms with Gasteiger partial charge in [-0.2, -0.15) is 4.58 Å². The van der Waals surface area contributed by atoms with Gasteiger partial charge in [-0.25, -0.2) is 4.79 Å². The highest BCUT2D eigenvalue weighted by Crippen LogP contribution is 2.06. The number of aliphatic hydroxyl groups is 1. The fraction of sp³-hybridized carbons (Fsp3) is 0.231. The first kappa shape index (κ1) is 13.8. The number of esters is 1. The third kappa shape index (κ3) is 3.35. The lowest BCUT2D eigenvalue weighted by Gasteiger charge is -2.03. The molecule has 96 valence electrons. The van der Waals surface area contributed by atoms with Gasteiger partial charge in [0.25, 0.3) is 0 Å². The molecule has 0 amide bonds. The zero-order chi connectivity index (χ0) is 13.5. The fourth-order valence-corrected chi connectivity index (χ4v) is 1.40. The number of rotatable bonds is 4. The Hall–Kier alpha value is -2.30. The zero-order valence-corrected chi connectivity index (χ0v) is 10.6. The van der Waals surface area contributed by atoms with Crippen LogP contribution in [0, 0.1) is 0 Å². The van der Waals surface area contributed by atoms with E-state index in [0.717, 1.165) is 5.56 Å². The molecule has 1 aromatic rings. The van der Waals surface area contributed by atoms with Crippen LogP contribution in [-0.4, -0.2) is 43.1 Å². The third-order valence-corrected chi connectivity index (χ3v) is 2.27. The van der Waals surface area contributed by atoms with Crippen LogP contribution < -0.4 is 0 Å². The Morgan fingerprint density at radius 1 is 1.22 bits per heavy atom. The Bertz CT molecular complexity index is 477. The topological polar surface area (TPSA) is 58.8 Å². The molecular formula is C13H16NO4+. The van der Waals surface area contributed by atoms with Gasteiger partial charge in [0.1, 0.15) is 7.05 Å². The summed E-state index contributed by atoms with van der Waals surface area (Å²) in [6.45, 7) is 0. The summed E-state index contributed by atoms with van der Waals surface area (Å²) >= 11 is 0. The van der Waals surface area contributed by atoms with Gasteiger partial charge in [-0.05, 0) is 12.1 Å². The smallest absolute Gasteiger partial charge is 0.411 e. The molecule has 0 saturated carbocycles. The van der Waals surface area contributed by atoms with E-state index < -0.39 is 11.9 Å². The van der Waals surface area contributed by atoms with Crippen molar-refractivity contribution in [2.75, 3.05) is 21.3 Å². The van der Waals surface area contributed by atoms with E-state index in [1.165, 1.54) is 18.8 Å². The molecule has 0 spiro atoms. The molecule has 0 fully saturated rings. The van der Waals surface area contributed by atoms with Gasteiger partial charge in [-0.1, -0.05) is 18.2 Å². The first-order valence-corrected chi connectivity index (χ1v) is 5.28. The summed E-state index contributed by atoms with van der Waals surface area (Å²) in [5, 5.41) is 9.56. The minimum absolute atomic E-state index is 0.0659. The first-order chi connectivity index (χ1) is 8.60. The summed E-state index contributed by atoms with van der Waals surface area (Å²) in [4.78, 5) is 11.6. The highest BCUT2D eigenvalue weighted by molar-refractivity contribution is 5.87. The van der Waals surface area contributed by atoms with Crippen molar-refractivity contribution in [2.45, 2.75) is 0 Å². The lowest BCUT2D eigenvalue weighted by atomic mass is 10.2. The Morgan fingerprint density at radius 2 is 1.83 bits per heavy atom. The molecule has 0 unspecified atom stereocenters. The summed E-state index contributed by atoms with van der Waals surface area (Å²) in [5.74, 6) is -1.17. The summed E-state index contributed by atoms with van der Waals surface area (Å²) < 4.78 is 10.7. The van der Waals surface area contributed by atoms with Gasteiger partial charge in [0, 0.05) is 5.56 Å². The van der Waals surface area contributed by atoms with Gasteiger partial charge in [0.15, 0.2) is 6.21 Å². The molecule has 0 atom stereocenters. The Labute approximate surface area is 106 Å². The van der Waals surface area contributed by atoms with E-state index in [4.69, 9.17) is 0 Å². The molecule has 0 aliphatic heterocycles. The van der Waals surface area contributed by atoms with Crippen LogP contribution in [0.5, 0.6) is 0 Å². The largest absolute Gasteiger partial charge is 0.476 e. The van der Waals surface area contributed by atoms with Crippen LogP contribution >= 0.6 is 0 Å². The number of hydrogen-bond acceptors (Lipinski definition) is 4. The predicted molar refractivity (Wildman–Crippen MR) is 66.5 cm³/mol. The molecule has 1 aromatic carbocycles. The number of methoxy groups -OCH3 is 2. The monoisotopic (exact) mass is 250 g/mol. The molecule has 5 nitrogen and oxygen atoms in total. The van der Waals surface area contributed by atoms with Gasteiger partial charge in [-0.15, -0.1) is 0 Å². The van der Waals surface area contributed by atoms with Gasteiger partial charge in [0.05, 0.1) is 14.2 Å². The first-order valence-electron chi connectivity index (χ1n) is 5.28. The van der Waals surface area contributed by atoms with Crippen molar-refractivity contribution in [1.82, 2.24) is 0 Å². The maximum absolute atomic E-state index is 11.6. The molecule has 0 saturated heterocycles. The standard InChI is InChI=1S/C13H15NO4/c1-14(9-10-7-5-4-6-8-10)11(12(15)17-2)13(16)18-3/h4-9H,1-3H3/p+1. The van der Waals surface area contributed by atoms with E-state index >= 15 is 0 Å². The van der Waals surface area contributed by atoms with Crippen molar-refractivity contribution in [3.05, 3.63) is 47.5 Å². The summed E-state index contributed by atoms with van der Waals surface area (Å²) in [5.41, 5.74) is 0.814. The van der Waals surface area contributed by atoms with Gasteiger partial charge in [0.2, 0.25) is 0 Å². The molecule has 0 aliphatic carbocycles. The molecule has 0 bridgehead atoms. The number of hydrogen-bond donors (Lipinski definition) is 1. The lowest BCUT2D eigenvalue weighted by Crippen LogP contribution is -2.20. The quantitative estimate of drug-likeness (QED) is 0.288. The number of ether oxygens (including phenoxy) is 2. The zero-order valence-electron chi connectivity index (χ0n) is 10.6. The number of carbonyl (C=O) groups is 1. The Balaban J connectivity index is 3.16. The normalized spacial score (nSPS) is 12.7. The molecule has 0 aromatic heterocycles. The van der Waals surface area contributed by atoms with Gasteiger partial charge < -0.3 is 14.6 Å². The van der Waals surface area contributed by atoms with Crippen LogP contribution in [0.15, 0.2) is 42.0 Å². The summed E-state index contributed by atoms with van der Waals surface area (Å²) in [6, 6.07) is 9.38. The Morgan fingerprint density at radius 3 is 2.33 bits per heavy atom. The minimum Gasteiger partial charge on any atom is -0.476 e. The van der Waals surface area contributed by atoms with Crippen molar-refractivity contribution in [1.29, 1.82) is 0 Å². The Kier molecular flexibility index (Phi) is 4.92. The SMILES string of the molecule is COC(=O)/C(=C(\O)OC)[N+](C)=Cc1ccccc1. The van der Waals surface area contributed by atoms with Gasteiger partial charge in [-0.3, -0.25) is 0 Å². The van der Waals surface area contributed by atoms with Crippen molar-refractivity contribution in [3.8, 4) is 0 Å². The summed E-state index contributed by atoms with van der Waals surface area (Å²) in [6.07, 6.45) is 1.68. The van der Waals surface area contributed by atoms with Crippen molar-refractivity contribution >= 4 is 12.2 Å². The second kappa shape index (κ2) is 6.44. The van der Waals surface area contributed by atoms with E-state index in [9.17, 15) is 9.90 Å². The molecule has 1 rings (SSSR count). The highest BCUT2D eigenvalue weighted by atomic mass is 16.6. The average molecular weight is 250 g/mol. The summed E-state index contributed by atoms with van der Waals surface area (Å²) in [7, 11) is 4.13. The molecule has 18 heavy (non-hydrogen) atoms. The minimum atomic E-state index is -0.677. The maximum Gasteiger partial charge on any atom is 0.411 e. The molecule has 1 N–H and O–H groups in total. The van der Waals surface area contributed by atoms with E-state index in [-0.39, 0.29) is 5.70 Å². The average Bonchev–Trinajstić information content (AvgIpc) is 2.39. The number of likely N-dealkylation sites (N-methyl/N-ethyl adjacent to an activating group) is 1. The van der Waals surface area contributed by atoms with Crippen LogP contribution in [0.1, 0.15) is 5.56 Å². The predicted octanol–water partition coefficient (Wildman–Crippen LogP) is 1.29. The van der Waals surface area contributed by atoms with Crippen molar-refractivity contribution < 1.29 is 24.0 Å². The number of benzene rings is 1. The van der Waals surface area contributed by atoms with Crippen LogP contribution in [0.4, 0.5) is 0 Å². The van der Waals surface area contributed by atoms with E-state index in [0.29, 0.717) is 0 Å². The molecular weight excluding hydrogens is 234 g/mol. The number of carbonyl (C=O) groups excluding carboxylic acids is 1. The third-order valence-electron chi connectivity index (χ3n) is 2.27. The van der Waals surface area contributed by atoms with Crippen LogP contribution in [0.3, 0.4) is 0 Å². The highest BCUT2D eigenvalue weighted by Gasteiger charge is 2.27. The van der Waals surface area contributed by atoms with Crippen LogP contribution in [0.25, 0.3) is 0 Å². The van der Waals surface area contributed by atoms with E-state index in [1.807, 2.05) is 30.3 Å². The van der Waals surface area contributed by atoms with Crippen molar-refractivity contribution in [2.24, 2.45) is 0 Å². The maximum atomic E-state index is 11.6. The number of nitrogens with zero attached hydrogens (tertiary/aromatic N) is 1. The molecule has 0 aliphatic rings. The second-order valence-electron chi connectivity index (χ2n) is 3.50. The second-order valence-corrected chi connectivity index (χ2v) is 3.50. The van der Waals surface area contributed by atoms with Crippen LogP contribution in [-0.2, 0) is 14.3 Å². The lowest BCUT2D eigenvalue weighted by molar-refractivity contribution is -0.439. The van der Waals surface area contributed by atoms with E-state index in [2.05, 4.69) is 9.47 Å². The number of aliphatic hydroxyl groups excluding tert-OH is 1. The molecule has 0 radical (unpaired) electrons.